The van der Waals surface area contributed by atoms with Gasteiger partial charge in [0.25, 0.3) is 0 Å². The van der Waals surface area contributed by atoms with E-state index >= 15 is 0 Å². The number of carbonyl (C=O) groups is 4. The minimum Gasteiger partial charge on any atom is -0.462 e. The van der Waals surface area contributed by atoms with Crippen LogP contribution in [0.1, 0.15) is 13.3 Å². The van der Waals surface area contributed by atoms with E-state index in [0.717, 1.165) is 12.2 Å². The van der Waals surface area contributed by atoms with Crippen LogP contribution in [0.15, 0.2) is 25.3 Å². The van der Waals surface area contributed by atoms with Crippen molar-refractivity contribution in [3.05, 3.63) is 25.3 Å². The predicted octanol–water partition coefficient (Wildman–Crippen LogP) is 1.53. The molecule has 0 N–H and O–H groups in total. The first kappa shape index (κ1) is 22.0. The first-order valence-electron chi connectivity index (χ1n) is 8.05. The Morgan fingerprint density at radius 2 is 1.63 bits per heavy atom. The average molecular weight is 386 g/mol. The van der Waals surface area contributed by atoms with Crippen molar-refractivity contribution < 1.29 is 47.6 Å². The van der Waals surface area contributed by atoms with Gasteiger partial charge in [-0.1, -0.05) is 20.1 Å². The van der Waals surface area contributed by atoms with Crippen LogP contribution in [0, 0.1) is 5.41 Å². The van der Waals surface area contributed by atoms with Gasteiger partial charge in [-0.05, 0) is 6.42 Å². The molecule has 150 valence electrons. The molecule has 0 aliphatic carbocycles. The lowest BCUT2D eigenvalue weighted by atomic mass is 9.88. The number of carbonyl (C=O) groups excluding carboxylic acids is 4. The van der Waals surface area contributed by atoms with Crippen molar-refractivity contribution >= 4 is 24.2 Å². The van der Waals surface area contributed by atoms with Gasteiger partial charge in [-0.15, -0.1) is 0 Å². The van der Waals surface area contributed by atoms with E-state index in [1.165, 1.54) is 0 Å². The number of ether oxygens (including phenoxy) is 6. The zero-order valence-electron chi connectivity index (χ0n) is 15.0. The molecule has 10 heteroatoms. The normalized spacial score (nSPS) is 15.7. The van der Waals surface area contributed by atoms with Gasteiger partial charge in [0.05, 0.1) is 5.41 Å². The monoisotopic (exact) mass is 386 g/mol. The number of esters is 2. The van der Waals surface area contributed by atoms with Crippen molar-refractivity contribution in [3.8, 4) is 0 Å². The molecule has 0 saturated carbocycles. The summed E-state index contributed by atoms with van der Waals surface area (Å²) in [6, 6.07) is 0. The summed E-state index contributed by atoms with van der Waals surface area (Å²) in [5, 5.41) is 0. The maximum absolute atomic E-state index is 11.8. The molecule has 1 rings (SSSR count). The third-order valence-electron chi connectivity index (χ3n) is 3.66. The summed E-state index contributed by atoms with van der Waals surface area (Å²) in [6.45, 7) is 7.45. The largest absolute Gasteiger partial charge is 0.508 e. The molecular weight excluding hydrogens is 364 g/mol. The lowest BCUT2D eigenvalue weighted by Gasteiger charge is -2.30. The van der Waals surface area contributed by atoms with Crippen molar-refractivity contribution in [1.82, 2.24) is 0 Å². The summed E-state index contributed by atoms with van der Waals surface area (Å²) in [5.41, 5.74) is -0.987. The Kier molecular flexibility index (Phi) is 8.83. The second kappa shape index (κ2) is 10.8. The molecular formula is C17H22O10. The van der Waals surface area contributed by atoms with Crippen LogP contribution in [0.3, 0.4) is 0 Å². The summed E-state index contributed by atoms with van der Waals surface area (Å²) in [7, 11) is 0. The van der Waals surface area contributed by atoms with Gasteiger partial charge in [0.2, 0.25) is 0 Å². The molecule has 27 heavy (non-hydrogen) atoms. The maximum Gasteiger partial charge on any atom is 0.508 e. The van der Waals surface area contributed by atoms with E-state index in [4.69, 9.17) is 23.7 Å². The zero-order valence-corrected chi connectivity index (χ0v) is 15.0. The van der Waals surface area contributed by atoms with Crippen molar-refractivity contribution in [2.45, 2.75) is 19.4 Å². The Morgan fingerprint density at radius 3 is 2.07 bits per heavy atom. The van der Waals surface area contributed by atoms with Gasteiger partial charge < -0.3 is 28.4 Å². The van der Waals surface area contributed by atoms with Crippen LogP contribution in [0.25, 0.3) is 0 Å². The minimum absolute atomic E-state index is 0.0278. The SMILES string of the molecule is C=CC(=O)OCC(CC)(COC(=O)C=C)COC(=O)OCC1COC(=O)O1. The number of rotatable bonds is 11. The van der Waals surface area contributed by atoms with Crippen molar-refractivity contribution in [2.75, 3.05) is 33.0 Å². The maximum atomic E-state index is 11.8. The molecule has 0 radical (unpaired) electrons. The molecule has 1 aliphatic heterocycles. The van der Waals surface area contributed by atoms with Gasteiger partial charge in [-0.25, -0.2) is 19.2 Å². The van der Waals surface area contributed by atoms with Gasteiger partial charge in [0.15, 0.2) is 6.10 Å². The Labute approximate surface area is 156 Å². The Hall–Kier alpha value is -3.04. The summed E-state index contributed by atoms with van der Waals surface area (Å²) >= 11 is 0. The molecule has 0 aromatic carbocycles. The molecule has 1 aliphatic rings. The van der Waals surface area contributed by atoms with E-state index in [1.54, 1.807) is 6.92 Å². The fourth-order valence-corrected chi connectivity index (χ4v) is 1.86. The Balaban J connectivity index is 2.58. The van der Waals surface area contributed by atoms with E-state index in [-0.39, 0.29) is 33.0 Å². The van der Waals surface area contributed by atoms with E-state index in [9.17, 15) is 19.2 Å². The first-order valence-corrected chi connectivity index (χ1v) is 8.05. The van der Waals surface area contributed by atoms with Crippen LogP contribution < -0.4 is 0 Å². The molecule has 1 fully saturated rings. The summed E-state index contributed by atoms with van der Waals surface area (Å²) in [5.74, 6) is -1.35. The molecule has 10 nitrogen and oxygen atoms in total. The summed E-state index contributed by atoms with van der Waals surface area (Å²) in [6.07, 6.45) is -0.255. The highest BCUT2D eigenvalue weighted by atomic mass is 16.8. The van der Waals surface area contributed by atoms with Crippen LogP contribution in [-0.2, 0) is 38.0 Å². The summed E-state index contributed by atoms with van der Waals surface area (Å²) in [4.78, 5) is 45.2. The Bertz CT molecular complexity index is 558. The lowest BCUT2D eigenvalue weighted by Crippen LogP contribution is -2.39. The molecule has 0 amide bonds. The van der Waals surface area contributed by atoms with Gasteiger partial charge in [0.1, 0.15) is 33.0 Å². The van der Waals surface area contributed by atoms with Crippen LogP contribution in [0.2, 0.25) is 0 Å². The Morgan fingerprint density at radius 1 is 1.07 bits per heavy atom. The topological polar surface area (TPSA) is 124 Å². The fraction of sp³-hybridized carbons (Fsp3) is 0.529. The van der Waals surface area contributed by atoms with E-state index in [2.05, 4.69) is 17.9 Å². The molecule has 0 aromatic rings. The molecule has 1 heterocycles. The highest BCUT2D eigenvalue weighted by Gasteiger charge is 2.34. The predicted molar refractivity (Wildman–Crippen MR) is 88.6 cm³/mol. The average Bonchev–Trinajstić information content (AvgIpc) is 3.10. The van der Waals surface area contributed by atoms with Gasteiger partial charge >= 0.3 is 24.2 Å². The quantitative estimate of drug-likeness (QED) is 0.293. The molecule has 0 spiro atoms. The van der Waals surface area contributed by atoms with E-state index in [1.807, 2.05) is 0 Å². The molecule has 1 atom stereocenters. The van der Waals surface area contributed by atoms with Gasteiger partial charge in [-0.2, -0.15) is 0 Å². The minimum atomic E-state index is -1.03. The van der Waals surface area contributed by atoms with Crippen LogP contribution >= 0.6 is 0 Å². The van der Waals surface area contributed by atoms with Crippen molar-refractivity contribution in [1.29, 1.82) is 0 Å². The molecule has 0 aromatic heterocycles. The lowest BCUT2D eigenvalue weighted by molar-refractivity contribution is -0.150. The van der Waals surface area contributed by atoms with Crippen LogP contribution in [0.5, 0.6) is 0 Å². The van der Waals surface area contributed by atoms with Gasteiger partial charge in [0, 0.05) is 12.2 Å². The number of cyclic esters (lactones) is 2. The second-order valence-electron chi connectivity index (χ2n) is 5.63. The van der Waals surface area contributed by atoms with E-state index in [0.29, 0.717) is 6.42 Å². The number of hydrogen-bond acceptors (Lipinski definition) is 10. The van der Waals surface area contributed by atoms with Crippen LogP contribution in [0.4, 0.5) is 9.59 Å². The second-order valence-corrected chi connectivity index (χ2v) is 5.63. The van der Waals surface area contributed by atoms with Gasteiger partial charge in [-0.3, -0.25) is 0 Å². The molecule has 0 bridgehead atoms. The zero-order chi connectivity index (χ0) is 20.3. The third kappa shape index (κ3) is 7.80. The van der Waals surface area contributed by atoms with Crippen LogP contribution in [-0.4, -0.2) is 63.4 Å². The smallest absolute Gasteiger partial charge is 0.462 e. The first-order chi connectivity index (χ1) is 12.8. The van der Waals surface area contributed by atoms with Crippen molar-refractivity contribution in [2.24, 2.45) is 5.41 Å². The number of hydrogen-bond donors (Lipinski definition) is 0. The highest BCUT2D eigenvalue weighted by Crippen LogP contribution is 2.24. The summed E-state index contributed by atoms with van der Waals surface area (Å²) < 4.78 is 29.2. The van der Waals surface area contributed by atoms with Crippen molar-refractivity contribution in [3.63, 3.8) is 0 Å². The molecule has 1 saturated heterocycles. The standard InChI is InChI=1S/C17H22O10/c1-4-13(18)24-9-17(6-3,10-25-14(19)5-2)11-26-15(20)22-7-12-8-23-16(21)27-12/h4-5,12H,1-2,6-11H2,3H3. The fourth-order valence-electron chi connectivity index (χ4n) is 1.86. The van der Waals surface area contributed by atoms with E-state index < -0.39 is 35.8 Å². The third-order valence-corrected chi connectivity index (χ3v) is 3.66. The molecule has 1 unspecified atom stereocenters. The highest BCUT2D eigenvalue weighted by molar-refractivity contribution is 5.81.